The molecule has 0 heterocycles. The molecule has 0 fully saturated rings. The summed E-state index contributed by atoms with van der Waals surface area (Å²) >= 11 is 6.62. The molecule has 0 spiro atoms. The number of amides is 2. The number of hydrogen-bond donors (Lipinski definition) is 3. The summed E-state index contributed by atoms with van der Waals surface area (Å²) in [5.41, 5.74) is 1.23. The second-order valence-electron chi connectivity index (χ2n) is 5.99. The number of carboxylic acid groups (broad SMARTS) is 1. The molecule has 0 aliphatic rings. The normalized spacial score (nSPS) is 10.3. The van der Waals surface area contributed by atoms with E-state index in [4.69, 9.17) is 0 Å². The lowest BCUT2D eigenvalue weighted by Crippen LogP contribution is -2.17. The molecule has 0 atom stereocenters. The van der Waals surface area contributed by atoms with E-state index >= 15 is 0 Å². The second-order valence-corrected chi connectivity index (χ2v) is 7.83. The van der Waals surface area contributed by atoms with Crippen molar-refractivity contribution in [3.8, 4) is 0 Å². The van der Waals surface area contributed by atoms with Crippen LogP contribution in [0, 0.1) is 0 Å². The fourth-order valence-electron chi connectivity index (χ4n) is 2.54. The van der Waals surface area contributed by atoms with Crippen LogP contribution in [0.15, 0.2) is 75.7 Å². The smallest absolute Gasteiger partial charge is 0.335 e. The van der Waals surface area contributed by atoms with Gasteiger partial charge in [0.1, 0.15) is 0 Å². The van der Waals surface area contributed by atoms with Gasteiger partial charge in [-0.1, -0.05) is 44.0 Å². The highest BCUT2D eigenvalue weighted by Gasteiger charge is 2.15. The molecule has 0 bridgehead atoms. The number of nitrogens with one attached hydrogen (secondary N) is 2. The molecular formula is C21H14Br2N2O4. The van der Waals surface area contributed by atoms with Crippen molar-refractivity contribution in [2.24, 2.45) is 0 Å². The van der Waals surface area contributed by atoms with E-state index < -0.39 is 17.8 Å². The van der Waals surface area contributed by atoms with Gasteiger partial charge >= 0.3 is 5.97 Å². The van der Waals surface area contributed by atoms with Crippen molar-refractivity contribution in [1.82, 2.24) is 0 Å². The molecule has 0 unspecified atom stereocenters. The van der Waals surface area contributed by atoms with Crippen molar-refractivity contribution >= 4 is 61.0 Å². The molecule has 0 aromatic heterocycles. The van der Waals surface area contributed by atoms with Crippen LogP contribution in [-0.2, 0) is 0 Å². The van der Waals surface area contributed by atoms with Gasteiger partial charge in [-0.2, -0.15) is 0 Å². The number of hydrogen-bond acceptors (Lipinski definition) is 3. The Morgan fingerprint density at radius 3 is 1.66 bits per heavy atom. The van der Waals surface area contributed by atoms with Gasteiger partial charge in [0.25, 0.3) is 11.8 Å². The molecule has 0 saturated carbocycles. The van der Waals surface area contributed by atoms with Crippen molar-refractivity contribution in [2.75, 3.05) is 10.6 Å². The molecule has 3 aromatic rings. The highest BCUT2D eigenvalue weighted by atomic mass is 79.9. The van der Waals surface area contributed by atoms with Gasteiger partial charge in [-0.15, -0.1) is 0 Å². The maximum Gasteiger partial charge on any atom is 0.335 e. The standard InChI is InChI=1S/C21H14Br2N2O4/c22-15-5-1-3-12(9-15)19(26)24-17-8-7-14(21(28)29)11-18(17)25-20(27)13-4-2-6-16(23)10-13/h1-11H,(H,24,26)(H,25,27)(H,28,29). The largest absolute Gasteiger partial charge is 0.478 e. The number of carbonyl (C=O) groups is 3. The van der Waals surface area contributed by atoms with Crippen LogP contribution in [0.2, 0.25) is 0 Å². The van der Waals surface area contributed by atoms with Gasteiger partial charge in [0.05, 0.1) is 16.9 Å². The zero-order valence-electron chi connectivity index (χ0n) is 14.8. The van der Waals surface area contributed by atoms with E-state index in [1.165, 1.54) is 18.2 Å². The Balaban J connectivity index is 1.91. The topological polar surface area (TPSA) is 95.5 Å². The Labute approximate surface area is 183 Å². The number of anilines is 2. The first-order chi connectivity index (χ1) is 13.8. The number of carbonyl (C=O) groups excluding carboxylic acids is 2. The minimum Gasteiger partial charge on any atom is -0.478 e. The van der Waals surface area contributed by atoms with Crippen molar-refractivity contribution in [3.05, 3.63) is 92.4 Å². The van der Waals surface area contributed by atoms with E-state index in [2.05, 4.69) is 42.5 Å². The molecule has 146 valence electrons. The summed E-state index contributed by atoms with van der Waals surface area (Å²) in [5.74, 6) is -1.98. The summed E-state index contributed by atoms with van der Waals surface area (Å²) in [6.45, 7) is 0. The number of halogens is 2. The summed E-state index contributed by atoms with van der Waals surface area (Å²) in [7, 11) is 0. The Morgan fingerprint density at radius 2 is 1.17 bits per heavy atom. The third-order valence-corrected chi connectivity index (χ3v) is 4.92. The quantitative estimate of drug-likeness (QED) is 0.421. The molecule has 0 radical (unpaired) electrons. The molecule has 8 heteroatoms. The van der Waals surface area contributed by atoms with E-state index in [1.807, 2.05) is 0 Å². The average molecular weight is 518 g/mol. The monoisotopic (exact) mass is 516 g/mol. The predicted molar refractivity (Wildman–Crippen MR) is 118 cm³/mol. The zero-order chi connectivity index (χ0) is 21.0. The Morgan fingerprint density at radius 1 is 0.655 bits per heavy atom. The first-order valence-corrected chi connectivity index (χ1v) is 9.93. The molecule has 0 saturated heterocycles. The average Bonchev–Trinajstić information content (AvgIpc) is 2.69. The van der Waals surface area contributed by atoms with Crippen molar-refractivity contribution in [3.63, 3.8) is 0 Å². The summed E-state index contributed by atoms with van der Waals surface area (Å²) < 4.78 is 1.47. The lowest BCUT2D eigenvalue weighted by molar-refractivity contribution is 0.0696. The molecular weight excluding hydrogens is 504 g/mol. The number of aromatic carboxylic acids is 1. The van der Waals surface area contributed by atoms with Crippen LogP contribution in [0.1, 0.15) is 31.1 Å². The molecule has 3 aromatic carbocycles. The number of rotatable bonds is 5. The van der Waals surface area contributed by atoms with Crippen LogP contribution in [0.25, 0.3) is 0 Å². The lowest BCUT2D eigenvalue weighted by Gasteiger charge is -2.14. The summed E-state index contributed by atoms with van der Waals surface area (Å²) in [6, 6.07) is 17.7. The minimum absolute atomic E-state index is 0.0185. The summed E-state index contributed by atoms with van der Waals surface area (Å²) in [4.78, 5) is 36.5. The number of carboxylic acids is 1. The van der Waals surface area contributed by atoms with E-state index in [0.717, 1.165) is 8.95 Å². The molecule has 3 rings (SSSR count). The Kier molecular flexibility index (Phi) is 6.46. The van der Waals surface area contributed by atoms with Crippen molar-refractivity contribution in [2.45, 2.75) is 0 Å². The van der Waals surface area contributed by atoms with Crippen molar-refractivity contribution < 1.29 is 19.5 Å². The van der Waals surface area contributed by atoms with Crippen LogP contribution in [0.4, 0.5) is 11.4 Å². The van der Waals surface area contributed by atoms with Gasteiger partial charge in [-0.05, 0) is 54.6 Å². The first kappa shape index (κ1) is 20.8. The van der Waals surface area contributed by atoms with E-state index in [0.29, 0.717) is 11.1 Å². The fourth-order valence-corrected chi connectivity index (χ4v) is 3.34. The maximum absolute atomic E-state index is 12.6. The van der Waals surface area contributed by atoms with Gasteiger partial charge in [-0.25, -0.2) is 4.79 Å². The van der Waals surface area contributed by atoms with E-state index in [1.54, 1.807) is 48.5 Å². The SMILES string of the molecule is O=C(O)c1ccc(NC(=O)c2cccc(Br)c2)c(NC(=O)c2cccc(Br)c2)c1. The highest BCUT2D eigenvalue weighted by molar-refractivity contribution is 9.10. The van der Waals surface area contributed by atoms with Gasteiger partial charge in [0, 0.05) is 20.1 Å². The van der Waals surface area contributed by atoms with Crippen LogP contribution in [-0.4, -0.2) is 22.9 Å². The van der Waals surface area contributed by atoms with E-state index in [9.17, 15) is 19.5 Å². The Bertz CT molecular complexity index is 1120. The van der Waals surface area contributed by atoms with Crippen LogP contribution >= 0.6 is 31.9 Å². The Hall–Kier alpha value is -2.97. The highest BCUT2D eigenvalue weighted by Crippen LogP contribution is 2.26. The van der Waals surface area contributed by atoms with Crippen molar-refractivity contribution in [1.29, 1.82) is 0 Å². The minimum atomic E-state index is -1.15. The second kappa shape index (κ2) is 9.02. The third kappa shape index (κ3) is 5.30. The molecule has 3 N–H and O–H groups in total. The fraction of sp³-hybridized carbons (Fsp3) is 0. The molecule has 2 amide bonds. The number of benzene rings is 3. The van der Waals surface area contributed by atoms with Gasteiger partial charge < -0.3 is 15.7 Å². The van der Waals surface area contributed by atoms with Crippen LogP contribution in [0.3, 0.4) is 0 Å². The zero-order valence-corrected chi connectivity index (χ0v) is 18.0. The molecule has 0 aliphatic carbocycles. The molecule has 0 aliphatic heterocycles. The predicted octanol–water partition coefficient (Wildman–Crippen LogP) is 5.41. The molecule has 29 heavy (non-hydrogen) atoms. The molecule has 6 nitrogen and oxygen atoms in total. The van der Waals surface area contributed by atoms with Crippen LogP contribution < -0.4 is 10.6 Å². The van der Waals surface area contributed by atoms with Gasteiger partial charge in [0.15, 0.2) is 0 Å². The first-order valence-electron chi connectivity index (χ1n) is 8.34. The van der Waals surface area contributed by atoms with Crippen LogP contribution in [0.5, 0.6) is 0 Å². The lowest BCUT2D eigenvalue weighted by atomic mass is 10.1. The van der Waals surface area contributed by atoms with Gasteiger partial charge in [-0.3, -0.25) is 9.59 Å². The van der Waals surface area contributed by atoms with E-state index in [-0.39, 0.29) is 16.9 Å². The van der Waals surface area contributed by atoms with Gasteiger partial charge in [0.2, 0.25) is 0 Å². The summed E-state index contributed by atoms with van der Waals surface area (Å²) in [6.07, 6.45) is 0. The summed E-state index contributed by atoms with van der Waals surface area (Å²) in [5, 5.41) is 14.6. The maximum atomic E-state index is 12.6. The third-order valence-electron chi connectivity index (χ3n) is 3.94.